The first-order valence-electron chi connectivity index (χ1n) is 8.79. The first-order chi connectivity index (χ1) is 13.0. The summed E-state index contributed by atoms with van der Waals surface area (Å²) in [4.78, 5) is 36.5. The second kappa shape index (κ2) is 10.1. The van der Waals surface area contributed by atoms with E-state index in [-0.39, 0.29) is 30.6 Å². The van der Waals surface area contributed by atoms with E-state index in [0.29, 0.717) is 18.7 Å². The second-order valence-corrected chi connectivity index (χ2v) is 6.13. The molecule has 0 aliphatic carbocycles. The van der Waals surface area contributed by atoms with E-state index in [2.05, 4.69) is 5.32 Å². The second-order valence-electron chi connectivity index (χ2n) is 6.13. The van der Waals surface area contributed by atoms with Crippen LogP contribution in [0.4, 0.5) is 11.4 Å². The number of carbonyl (C=O) groups is 3. The molecule has 0 aliphatic rings. The number of hydrogen-bond donors (Lipinski definition) is 1. The van der Waals surface area contributed by atoms with Crippen LogP contribution in [0.1, 0.15) is 25.3 Å². The molecule has 0 unspecified atom stereocenters. The van der Waals surface area contributed by atoms with Gasteiger partial charge in [-0.2, -0.15) is 0 Å². The fourth-order valence-electron chi connectivity index (χ4n) is 2.39. The zero-order valence-electron chi connectivity index (χ0n) is 15.6. The van der Waals surface area contributed by atoms with Gasteiger partial charge in [0.25, 0.3) is 0 Å². The Hall–Kier alpha value is -3.15. The highest BCUT2D eigenvalue weighted by molar-refractivity contribution is 5.94. The van der Waals surface area contributed by atoms with Crippen molar-refractivity contribution in [3.63, 3.8) is 0 Å². The third kappa shape index (κ3) is 6.93. The predicted octanol–water partition coefficient (Wildman–Crippen LogP) is 3.17. The van der Waals surface area contributed by atoms with Gasteiger partial charge >= 0.3 is 5.97 Å². The number of ether oxygens (including phenoxy) is 1. The molecule has 0 saturated carbocycles. The van der Waals surface area contributed by atoms with E-state index in [4.69, 9.17) is 4.74 Å². The van der Waals surface area contributed by atoms with Crippen molar-refractivity contribution in [2.45, 2.75) is 26.2 Å². The Morgan fingerprint density at radius 2 is 1.63 bits per heavy atom. The fraction of sp³-hybridized carbons (Fsp3) is 0.286. The number of benzene rings is 2. The average Bonchev–Trinajstić information content (AvgIpc) is 2.67. The molecule has 2 aromatic rings. The van der Waals surface area contributed by atoms with Gasteiger partial charge in [-0.1, -0.05) is 30.3 Å². The summed E-state index contributed by atoms with van der Waals surface area (Å²) >= 11 is 0. The highest BCUT2D eigenvalue weighted by Crippen LogP contribution is 2.17. The molecule has 2 rings (SSSR count). The molecular formula is C21H24N2O4. The molecule has 142 valence electrons. The molecular weight excluding hydrogens is 344 g/mol. The van der Waals surface area contributed by atoms with Gasteiger partial charge in [0.15, 0.2) is 0 Å². The van der Waals surface area contributed by atoms with Crippen LogP contribution in [0.2, 0.25) is 0 Å². The van der Waals surface area contributed by atoms with Crippen molar-refractivity contribution in [1.29, 1.82) is 0 Å². The first-order valence-corrected chi connectivity index (χ1v) is 8.79. The van der Waals surface area contributed by atoms with E-state index in [0.717, 1.165) is 11.3 Å². The van der Waals surface area contributed by atoms with Crippen LogP contribution < -0.4 is 10.2 Å². The number of hydrogen-bond acceptors (Lipinski definition) is 4. The van der Waals surface area contributed by atoms with E-state index in [1.165, 1.54) is 11.8 Å². The summed E-state index contributed by atoms with van der Waals surface area (Å²) in [5.41, 5.74) is 2.45. The third-order valence-electron chi connectivity index (χ3n) is 4.06. The number of nitrogens with one attached hydrogen (secondary N) is 1. The minimum Gasteiger partial charge on any atom is -0.465 e. The van der Waals surface area contributed by atoms with Crippen LogP contribution in [0, 0.1) is 0 Å². The lowest BCUT2D eigenvalue weighted by Gasteiger charge is -2.15. The lowest BCUT2D eigenvalue weighted by molar-refractivity contribution is -0.144. The monoisotopic (exact) mass is 368 g/mol. The molecule has 0 heterocycles. The molecule has 0 atom stereocenters. The molecule has 0 radical (unpaired) electrons. The van der Waals surface area contributed by atoms with Gasteiger partial charge < -0.3 is 15.0 Å². The van der Waals surface area contributed by atoms with E-state index in [1.54, 1.807) is 31.3 Å². The molecule has 2 aromatic carbocycles. The summed E-state index contributed by atoms with van der Waals surface area (Å²) in [5.74, 6) is -0.722. The zero-order chi connectivity index (χ0) is 19.6. The lowest BCUT2D eigenvalue weighted by atomic mass is 10.2. The van der Waals surface area contributed by atoms with Crippen LogP contribution in [0.25, 0.3) is 0 Å². The molecule has 0 saturated heterocycles. The van der Waals surface area contributed by atoms with Gasteiger partial charge in [0.2, 0.25) is 11.8 Å². The first kappa shape index (κ1) is 20.2. The molecule has 0 fully saturated rings. The smallest absolute Gasteiger partial charge is 0.306 e. The number of carbonyl (C=O) groups excluding carboxylic acids is 3. The van der Waals surface area contributed by atoms with E-state index < -0.39 is 0 Å². The van der Waals surface area contributed by atoms with Crippen LogP contribution in [0.15, 0.2) is 54.6 Å². The number of rotatable bonds is 8. The molecule has 6 nitrogen and oxygen atoms in total. The Kier molecular flexibility index (Phi) is 7.55. The molecule has 6 heteroatoms. The quantitative estimate of drug-likeness (QED) is 0.726. The van der Waals surface area contributed by atoms with Gasteiger partial charge in [-0.25, -0.2) is 0 Å². The third-order valence-corrected chi connectivity index (χ3v) is 4.06. The Labute approximate surface area is 159 Å². The summed E-state index contributed by atoms with van der Waals surface area (Å²) < 4.78 is 5.15. The Morgan fingerprint density at radius 3 is 2.26 bits per heavy atom. The summed E-state index contributed by atoms with van der Waals surface area (Å²) in [6.45, 7) is 1.78. The van der Waals surface area contributed by atoms with Gasteiger partial charge in [-0.15, -0.1) is 0 Å². The Balaban J connectivity index is 1.69. The van der Waals surface area contributed by atoms with Crippen molar-refractivity contribution in [2.75, 3.05) is 23.9 Å². The normalized spacial score (nSPS) is 10.1. The molecule has 2 amide bonds. The minimum atomic E-state index is -0.389. The van der Waals surface area contributed by atoms with Crippen molar-refractivity contribution in [3.8, 4) is 0 Å². The Morgan fingerprint density at radius 1 is 0.963 bits per heavy atom. The fourth-order valence-corrected chi connectivity index (χ4v) is 2.39. The summed E-state index contributed by atoms with van der Waals surface area (Å²) in [6.07, 6.45) is 0.741. The highest BCUT2D eigenvalue weighted by Gasteiger charge is 2.09. The molecule has 0 bridgehead atoms. The maximum Gasteiger partial charge on any atom is 0.306 e. The number of anilines is 2. The van der Waals surface area contributed by atoms with Crippen molar-refractivity contribution < 1.29 is 19.1 Å². The van der Waals surface area contributed by atoms with Crippen LogP contribution in [-0.2, 0) is 25.5 Å². The predicted molar refractivity (Wildman–Crippen MR) is 104 cm³/mol. The molecule has 1 N–H and O–H groups in total. The summed E-state index contributed by atoms with van der Waals surface area (Å²) in [7, 11) is 1.68. The number of esters is 1. The van der Waals surface area contributed by atoms with Gasteiger partial charge in [0, 0.05) is 38.2 Å². The molecule has 0 aliphatic heterocycles. The number of amides is 2. The molecule has 0 spiro atoms. The van der Waals surface area contributed by atoms with Crippen molar-refractivity contribution in [2.24, 2.45) is 0 Å². The summed E-state index contributed by atoms with van der Waals surface area (Å²) in [6, 6.07) is 16.7. The largest absolute Gasteiger partial charge is 0.465 e. The zero-order valence-corrected chi connectivity index (χ0v) is 15.6. The van der Waals surface area contributed by atoms with Crippen molar-refractivity contribution in [3.05, 3.63) is 60.2 Å². The van der Waals surface area contributed by atoms with Crippen LogP contribution in [-0.4, -0.2) is 31.4 Å². The maximum atomic E-state index is 12.0. The van der Waals surface area contributed by atoms with Crippen molar-refractivity contribution >= 4 is 29.2 Å². The highest BCUT2D eigenvalue weighted by atomic mass is 16.5. The van der Waals surface area contributed by atoms with Crippen LogP contribution in [0.3, 0.4) is 0 Å². The minimum absolute atomic E-state index is 0.0335. The lowest BCUT2D eigenvalue weighted by Crippen LogP contribution is -2.22. The summed E-state index contributed by atoms with van der Waals surface area (Å²) in [5, 5.41) is 2.72. The SMILES string of the molecule is CC(=O)N(C)c1ccc(NC(=O)CCC(=O)OCCc2ccccc2)cc1. The van der Waals surface area contributed by atoms with Gasteiger partial charge in [-0.05, 0) is 29.8 Å². The molecule has 27 heavy (non-hydrogen) atoms. The van der Waals surface area contributed by atoms with Crippen molar-refractivity contribution in [1.82, 2.24) is 0 Å². The topological polar surface area (TPSA) is 75.7 Å². The Bertz CT molecular complexity index is 773. The van der Waals surface area contributed by atoms with Gasteiger partial charge in [-0.3, -0.25) is 14.4 Å². The van der Waals surface area contributed by atoms with E-state index in [1.807, 2.05) is 30.3 Å². The van der Waals surface area contributed by atoms with E-state index in [9.17, 15) is 14.4 Å². The van der Waals surface area contributed by atoms with Crippen LogP contribution >= 0.6 is 0 Å². The standard InChI is InChI=1S/C21H24N2O4/c1-16(24)23(2)19-10-8-18(9-11-19)22-20(25)12-13-21(26)27-15-14-17-6-4-3-5-7-17/h3-11H,12-15H2,1-2H3,(H,22,25). The van der Waals surface area contributed by atoms with E-state index >= 15 is 0 Å². The van der Waals surface area contributed by atoms with Gasteiger partial charge in [0.1, 0.15) is 0 Å². The van der Waals surface area contributed by atoms with Crippen LogP contribution in [0.5, 0.6) is 0 Å². The maximum absolute atomic E-state index is 12.0. The average molecular weight is 368 g/mol. The molecule has 0 aromatic heterocycles. The van der Waals surface area contributed by atoms with Gasteiger partial charge in [0.05, 0.1) is 13.0 Å². The number of nitrogens with zero attached hydrogens (tertiary/aromatic N) is 1.